The Morgan fingerprint density at radius 2 is 1.57 bits per heavy atom. The van der Waals surface area contributed by atoms with Gasteiger partial charge in [-0.3, -0.25) is 9.59 Å². The van der Waals surface area contributed by atoms with Gasteiger partial charge in [-0.25, -0.2) is 0 Å². The van der Waals surface area contributed by atoms with Crippen molar-refractivity contribution >= 4 is 11.8 Å². The van der Waals surface area contributed by atoms with Crippen molar-refractivity contribution in [3.8, 4) is 5.75 Å². The Labute approximate surface area is 164 Å². The Morgan fingerprint density at radius 1 is 0.929 bits per heavy atom. The number of benzene rings is 1. The normalized spacial score (nSPS) is 21.2. The summed E-state index contributed by atoms with van der Waals surface area (Å²) in [4.78, 5) is 29.5. The van der Waals surface area contributed by atoms with Gasteiger partial charge in [-0.1, -0.05) is 31.4 Å². The predicted octanol–water partition coefficient (Wildman–Crippen LogP) is 3.93. The Bertz CT molecular complexity index is 675. The second kappa shape index (κ2) is 9.85. The number of amides is 2. The van der Waals surface area contributed by atoms with Crippen LogP contribution in [0.5, 0.6) is 5.75 Å². The molecule has 1 aromatic carbocycles. The quantitative estimate of drug-likeness (QED) is 0.777. The van der Waals surface area contributed by atoms with Crippen molar-refractivity contribution in [2.45, 2.75) is 51.6 Å². The summed E-state index contributed by atoms with van der Waals surface area (Å²) in [5.74, 6) is -0.585. The summed E-state index contributed by atoms with van der Waals surface area (Å²) < 4.78 is 29.8. The number of rotatable bonds is 4. The van der Waals surface area contributed by atoms with E-state index in [9.17, 15) is 18.4 Å². The van der Waals surface area contributed by atoms with Gasteiger partial charge in [0.05, 0.1) is 11.5 Å². The van der Waals surface area contributed by atoms with Crippen LogP contribution >= 0.6 is 0 Å². The lowest BCUT2D eigenvalue weighted by Gasteiger charge is -2.35. The fraction of sp³-hybridized carbons (Fsp3) is 0.619. The minimum Gasteiger partial charge on any atom is -0.434 e. The number of hydrogen-bond acceptors (Lipinski definition) is 3. The number of carbonyl (C=O) groups is 2. The molecule has 2 heterocycles. The van der Waals surface area contributed by atoms with Crippen molar-refractivity contribution in [3.05, 3.63) is 29.8 Å². The van der Waals surface area contributed by atoms with Crippen LogP contribution in [0.15, 0.2) is 24.3 Å². The van der Waals surface area contributed by atoms with E-state index in [0.29, 0.717) is 13.1 Å². The Balaban J connectivity index is 1.67. The van der Waals surface area contributed by atoms with E-state index in [2.05, 4.69) is 4.74 Å². The summed E-state index contributed by atoms with van der Waals surface area (Å²) in [6.45, 7) is -0.567. The van der Waals surface area contributed by atoms with E-state index in [1.54, 1.807) is 17.0 Å². The minimum atomic E-state index is -2.99. The second-order valence-corrected chi connectivity index (χ2v) is 7.56. The van der Waals surface area contributed by atoms with Gasteiger partial charge in [0.15, 0.2) is 0 Å². The van der Waals surface area contributed by atoms with E-state index in [-0.39, 0.29) is 29.0 Å². The maximum Gasteiger partial charge on any atom is 0.387 e. The number of ether oxygens (including phenoxy) is 1. The SMILES string of the molecule is O=C(c1ccccc1OC(F)F)N1CCCC(C(=O)N2CCCCCCC2)C1. The van der Waals surface area contributed by atoms with Gasteiger partial charge in [-0.15, -0.1) is 0 Å². The minimum absolute atomic E-state index is 0.113. The van der Waals surface area contributed by atoms with Crippen LogP contribution in [0.2, 0.25) is 0 Å². The van der Waals surface area contributed by atoms with Crippen LogP contribution in [-0.4, -0.2) is 54.4 Å². The predicted molar refractivity (Wildman–Crippen MR) is 101 cm³/mol. The highest BCUT2D eigenvalue weighted by Crippen LogP contribution is 2.26. The van der Waals surface area contributed by atoms with Crippen LogP contribution in [-0.2, 0) is 4.79 Å². The molecule has 2 amide bonds. The first-order valence-corrected chi connectivity index (χ1v) is 10.2. The molecule has 0 aromatic heterocycles. The molecule has 0 saturated carbocycles. The van der Waals surface area contributed by atoms with Crippen molar-refractivity contribution in [3.63, 3.8) is 0 Å². The molecule has 3 rings (SSSR count). The molecule has 5 nitrogen and oxygen atoms in total. The Hall–Kier alpha value is -2.18. The molecule has 0 radical (unpaired) electrons. The summed E-state index contributed by atoms with van der Waals surface area (Å²) in [5, 5.41) is 0. The molecule has 1 atom stereocenters. The van der Waals surface area contributed by atoms with Crippen molar-refractivity contribution < 1.29 is 23.1 Å². The van der Waals surface area contributed by atoms with Gasteiger partial charge in [0.25, 0.3) is 5.91 Å². The summed E-state index contributed by atoms with van der Waals surface area (Å²) in [7, 11) is 0. The molecule has 2 aliphatic rings. The lowest BCUT2D eigenvalue weighted by atomic mass is 9.95. The molecule has 0 bridgehead atoms. The van der Waals surface area contributed by atoms with Crippen molar-refractivity contribution in [1.29, 1.82) is 0 Å². The van der Waals surface area contributed by atoms with E-state index in [1.165, 1.54) is 18.6 Å². The number of likely N-dealkylation sites (tertiary alicyclic amines) is 2. The molecule has 2 aliphatic heterocycles. The number of alkyl halides is 2. The number of hydrogen-bond donors (Lipinski definition) is 0. The maximum atomic E-state index is 13.0. The van der Waals surface area contributed by atoms with Crippen LogP contribution in [0, 0.1) is 5.92 Å². The highest BCUT2D eigenvalue weighted by molar-refractivity contribution is 5.97. The van der Waals surface area contributed by atoms with Crippen LogP contribution in [0.4, 0.5) is 8.78 Å². The molecule has 0 N–H and O–H groups in total. The average Bonchev–Trinajstić information content (AvgIpc) is 2.67. The van der Waals surface area contributed by atoms with E-state index in [0.717, 1.165) is 51.6 Å². The van der Waals surface area contributed by atoms with E-state index in [1.807, 2.05) is 4.90 Å². The van der Waals surface area contributed by atoms with Gasteiger partial charge in [0, 0.05) is 26.2 Å². The average molecular weight is 394 g/mol. The van der Waals surface area contributed by atoms with Crippen LogP contribution in [0.3, 0.4) is 0 Å². The first kappa shape index (κ1) is 20.6. The standard InChI is InChI=1S/C21H28F2N2O3/c22-21(23)28-18-11-5-4-10-17(18)20(27)25-14-8-9-16(15-25)19(26)24-12-6-2-1-3-7-13-24/h4-5,10-11,16,21H,1-3,6-9,12-15H2. The van der Waals surface area contributed by atoms with E-state index in [4.69, 9.17) is 0 Å². The molecule has 2 fully saturated rings. The fourth-order valence-corrected chi connectivity index (χ4v) is 4.10. The highest BCUT2D eigenvalue weighted by atomic mass is 19.3. The molecule has 7 heteroatoms. The summed E-state index contributed by atoms with van der Waals surface area (Å²) in [5.41, 5.74) is 0.113. The largest absolute Gasteiger partial charge is 0.434 e. The van der Waals surface area contributed by atoms with E-state index < -0.39 is 6.61 Å². The first-order valence-electron chi connectivity index (χ1n) is 10.2. The third-order valence-electron chi connectivity index (χ3n) is 5.56. The fourth-order valence-electron chi connectivity index (χ4n) is 4.10. The monoisotopic (exact) mass is 394 g/mol. The zero-order chi connectivity index (χ0) is 19.9. The molecule has 0 aliphatic carbocycles. The maximum absolute atomic E-state index is 13.0. The number of para-hydroxylation sites is 1. The Kier molecular flexibility index (Phi) is 7.23. The van der Waals surface area contributed by atoms with Gasteiger partial charge in [0.2, 0.25) is 5.91 Å². The van der Waals surface area contributed by atoms with Crippen molar-refractivity contribution in [1.82, 2.24) is 9.80 Å². The van der Waals surface area contributed by atoms with Crippen molar-refractivity contribution in [2.24, 2.45) is 5.92 Å². The zero-order valence-corrected chi connectivity index (χ0v) is 16.1. The van der Waals surface area contributed by atoms with Crippen LogP contribution in [0.1, 0.15) is 55.3 Å². The van der Waals surface area contributed by atoms with E-state index >= 15 is 0 Å². The number of carbonyl (C=O) groups excluding carboxylic acids is 2. The summed E-state index contributed by atoms with van der Waals surface area (Å²) in [6.07, 6.45) is 7.08. The number of nitrogens with zero attached hydrogens (tertiary/aromatic N) is 2. The molecule has 1 aromatic rings. The smallest absolute Gasteiger partial charge is 0.387 e. The molecular weight excluding hydrogens is 366 g/mol. The molecule has 154 valence electrons. The summed E-state index contributed by atoms with van der Waals surface area (Å²) >= 11 is 0. The first-order chi connectivity index (χ1) is 13.6. The number of piperidine rings is 1. The highest BCUT2D eigenvalue weighted by Gasteiger charge is 2.32. The van der Waals surface area contributed by atoms with Gasteiger partial charge in [0.1, 0.15) is 5.75 Å². The van der Waals surface area contributed by atoms with Crippen molar-refractivity contribution in [2.75, 3.05) is 26.2 Å². The molecule has 1 unspecified atom stereocenters. The van der Waals surface area contributed by atoms with Crippen LogP contribution < -0.4 is 4.74 Å². The van der Waals surface area contributed by atoms with Gasteiger partial charge < -0.3 is 14.5 Å². The molecule has 2 saturated heterocycles. The topological polar surface area (TPSA) is 49.9 Å². The van der Waals surface area contributed by atoms with Gasteiger partial charge in [-0.05, 0) is 37.8 Å². The molecular formula is C21H28F2N2O3. The number of halogens is 2. The Morgan fingerprint density at radius 3 is 2.29 bits per heavy atom. The summed E-state index contributed by atoms with van der Waals surface area (Å²) in [6, 6.07) is 6.03. The van der Waals surface area contributed by atoms with Crippen LogP contribution in [0.25, 0.3) is 0 Å². The second-order valence-electron chi connectivity index (χ2n) is 7.56. The lowest BCUT2D eigenvalue weighted by molar-refractivity contribution is -0.137. The van der Waals surface area contributed by atoms with Gasteiger partial charge in [-0.2, -0.15) is 8.78 Å². The lowest BCUT2D eigenvalue weighted by Crippen LogP contribution is -2.47. The molecule has 28 heavy (non-hydrogen) atoms. The third-order valence-corrected chi connectivity index (χ3v) is 5.56. The third kappa shape index (κ3) is 5.20. The molecule has 0 spiro atoms. The van der Waals surface area contributed by atoms with Gasteiger partial charge >= 0.3 is 6.61 Å². The zero-order valence-electron chi connectivity index (χ0n) is 16.1.